The van der Waals surface area contributed by atoms with Crippen LogP contribution in [-0.4, -0.2) is 67.3 Å². The molecular formula is C23H26N4O3. The van der Waals surface area contributed by atoms with Gasteiger partial charge >= 0.3 is 0 Å². The number of hydrogen-bond acceptors (Lipinski definition) is 4. The topological polar surface area (TPSA) is 73.0 Å². The Balaban J connectivity index is 1.45. The summed E-state index contributed by atoms with van der Waals surface area (Å²) in [4.78, 5) is 44.0. The van der Waals surface area contributed by atoms with Crippen molar-refractivity contribution in [3.05, 3.63) is 60.2 Å². The minimum Gasteiger partial charge on any atom is -0.336 e. The third-order valence-corrected chi connectivity index (χ3v) is 5.77. The monoisotopic (exact) mass is 406 g/mol. The van der Waals surface area contributed by atoms with Crippen LogP contribution in [0.25, 0.3) is 0 Å². The van der Waals surface area contributed by atoms with Crippen molar-refractivity contribution in [1.82, 2.24) is 9.80 Å². The number of nitrogens with zero attached hydrogens (tertiary/aromatic N) is 3. The molecule has 4 rings (SSSR count). The summed E-state index contributed by atoms with van der Waals surface area (Å²) in [7, 11) is 2.04. The smallest absolute Gasteiger partial charge is 0.256 e. The Morgan fingerprint density at radius 2 is 1.60 bits per heavy atom. The maximum Gasteiger partial charge on any atom is 0.256 e. The van der Waals surface area contributed by atoms with Crippen LogP contribution >= 0.6 is 0 Å². The number of benzene rings is 2. The molecule has 0 saturated carbocycles. The predicted molar refractivity (Wildman–Crippen MR) is 115 cm³/mol. The summed E-state index contributed by atoms with van der Waals surface area (Å²) in [6.45, 7) is 3.34. The molecule has 2 saturated heterocycles. The molecule has 0 aromatic heterocycles. The SMILES string of the molecule is CN1CCN(C(=O)c2ccccc2NC(=O)C2CC(=O)N(c3ccccc3)C2)CC1. The lowest BCUT2D eigenvalue weighted by atomic mass is 10.1. The molecule has 2 aliphatic heterocycles. The van der Waals surface area contributed by atoms with Crippen molar-refractivity contribution in [3.8, 4) is 0 Å². The number of amides is 3. The van der Waals surface area contributed by atoms with Gasteiger partial charge in [-0.2, -0.15) is 0 Å². The van der Waals surface area contributed by atoms with Gasteiger partial charge in [0.1, 0.15) is 0 Å². The zero-order valence-corrected chi connectivity index (χ0v) is 17.1. The van der Waals surface area contributed by atoms with E-state index in [1.54, 1.807) is 29.2 Å². The summed E-state index contributed by atoms with van der Waals surface area (Å²) in [6.07, 6.45) is 0.162. The van der Waals surface area contributed by atoms with Gasteiger partial charge in [0.05, 0.1) is 17.2 Å². The first-order valence-electron chi connectivity index (χ1n) is 10.3. The first-order valence-corrected chi connectivity index (χ1v) is 10.3. The molecule has 156 valence electrons. The van der Waals surface area contributed by atoms with E-state index in [-0.39, 0.29) is 24.1 Å². The maximum atomic E-state index is 13.0. The van der Waals surface area contributed by atoms with Gasteiger partial charge in [-0.15, -0.1) is 0 Å². The fourth-order valence-electron chi connectivity index (χ4n) is 3.93. The third kappa shape index (κ3) is 4.21. The van der Waals surface area contributed by atoms with Crippen LogP contribution in [-0.2, 0) is 9.59 Å². The van der Waals surface area contributed by atoms with E-state index < -0.39 is 5.92 Å². The number of carbonyl (C=O) groups is 3. The number of para-hydroxylation sites is 2. The first kappa shape index (κ1) is 20.1. The number of hydrogen-bond donors (Lipinski definition) is 1. The minimum absolute atomic E-state index is 0.0665. The molecule has 1 atom stereocenters. The van der Waals surface area contributed by atoms with Crippen LogP contribution in [0.4, 0.5) is 11.4 Å². The standard InChI is InChI=1S/C23H26N4O3/c1-25-11-13-26(14-12-25)23(30)19-9-5-6-10-20(19)24-22(29)17-15-21(28)27(16-17)18-7-3-2-4-8-18/h2-10,17H,11-16H2,1H3,(H,24,29). The van der Waals surface area contributed by atoms with Crippen LogP contribution in [0.15, 0.2) is 54.6 Å². The molecule has 1 N–H and O–H groups in total. The Hall–Kier alpha value is -3.19. The predicted octanol–water partition coefficient (Wildman–Crippen LogP) is 2.07. The molecule has 0 bridgehead atoms. The summed E-state index contributed by atoms with van der Waals surface area (Å²) >= 11 is 0. The van der Waals surface area contributed by atoms with Crippen molar-refractivity contribution in [2.75, 3.05) is 50.0 Å². The van der Waals surface area contributed by atoms with Gasteiger partial charge in [0.15, 0.2) is 0 Å². The average Bonchev–Trinajstić information content (AvgIpc) is 3.16. The van der Waals surface area contributed by atoms with E-state index >= 15 is 0 Å². The van der Waals surface area contributed by atoms with Gasteiger partial charge in [-0.1, -0.05) is 30.3 Å². The Labute approximate surface area is 176 Å². The molecule has 1 unspecified atom stereocenters. The lowest BCUT2D eigenvalue weighted by molar-refractivity contribution is -0.122. The second-order valence-corrected chi connectivity index (χ2v) is 7.87. The number of likely N-dealkylation sites (N-methyl/N-ethyl adjacent to an activating group) is 1. The highest BCUT2D eigenvalue weighted by Gasteiger charge is 2.35. The summed E-state index contributed by atoms with van der Waals surface area (Å²) in [5, 5.41) is 2.90. The molecule has 30 heavy (non-hydrogen) atoms. The molecule has 0 radical (unpaired) electrons. The molecule has 2 aliphatic rings. The van der Waals surface area contributed by atoms with Crippen LogP contribution in [0.5, 0.6) is 0 Å². The Kier molecular flexibility index (Phi) is 5.81. The lowest BCUT2D eigenvalue weighted by Gasteiger charge is -2.32. The Morgan fingerprint density at radius 1 is 0.933 bits per heavy atom. The van der Waals surface area contributed by atoms with Crippen molar-refractivity contribution < 1.29 is 14.4 Å². The number of carbonyl (C=O) groups excluding carboxylic acids is 3. The summed E-state index contributed by atoms with van der Waals surface area (Å²) < 4.78 is 0. The molecular weight excluding hydrogens is 380 g/mol. The maximum absolute atomic E-state index is 13.0. The zero-order chi connectivity index (χ0) is 21.1. The fourth-order valence-corrected chi connectivity index (χ4v) is 3.93. The lowest BCUT2D eigenvalue weighted by Crippen LogP contribution is -2.47. The summed E-state index contributed by atoms with van der Waals surface area (Å²) in [5.41, 5.74) is 1.78. The molecule has 7 nitrogen and oxygen atoms in total. The van der Waals surface area contributed by atoms with Crippen LogP contribution in [0.1, 0.15) is 16.8 Å². The third-order valence-electron chi connectivity index (χ3n) is 5.77. The van der Waals surface area contributed by atoms with E-state index in [4.69, 9.17) is 0 Å². The van der Waals surface area contributed by atoms with Crippen LogP contribution in [0.3, 0.4) is 0 Å². The normalized spacial score (nSPS) is 19.8. The van der Waals surface area contributed by atoms with Gasteiger partial charge in [-0.3, -0.25) is 14.4 Å². The molecule has 0 aliphatic carbocycles. The number of rotatable bonds is 4. The van der Waals surface area contributed by atoms with Crippen molar-refractivity contribution in [1.29, 1.82) is 0 Å². The number of piperazine rings is 1. The first-order chi connectivity index (χ1) is 14.5. The molecule has 2 aromatic rings. The highest BCUT2D eigenvalue weighted by Crippen LogP contribution is 2.26. The molecule has 7 heteroatoms. The highest BCUT2D eigenvalue weighted by molar-refractivity contribution is 6.07. The van der Waals surface area contributed by atoms with E-state index in [0.29, 0.717) is 30.9 Å². The van der Waals surface area contributed by atoms with Crippen molar-refractivity contribution in [2.45, 2.75) is 6.42 Å². The molecule has 3 amide bonds. The van der Waals surface area contributed by atoms with Crippen LogP contribution in [0.2, 0.25) is 0 Å². The molecule has 2 fully saturated rings. The largest absolute Gasteiger partial charge is 0.336 e. The number of anilines is 2. The van der Waals surface area contributed by atoms with Crippen LogP contribution in [0, 0.1) is 5.92 Å². The quantitative estimate of drug-likeness (QED) is 0.844. The Morgan fingerprint density at radius 3 is 2.33 bits per heavy atom. The van der Waals surface area contributed by atoms with Gasteiger partial charge in [0.25, 0.3) is 5.91 Å². The summed E-state index contributed by atoms with van der Waals surface area (Å²) in [5.74, 6) is -0.833. The van der Waals surface area contributed by atoms with Gasteiger partial charge in [0, 0.05) is 44.8 Å². The van der Waals surface area contributed by atoms with Gasteiger partial charge in [-0.05, 0) is 31.3 Å². The van der Waals surface area contributed by atoms with E-state index in [1.807, 2.05) is 42.3 Å². The molecule has 0 spiro atoms. The molecule has 2 aromatic carbocycles. The van der Waals surface area contributed by atoms with E-state index in [0.717, 1.165) is 18.8 Å². The fraction of sp³-hybridized carbons (Fsp3) is 0.348. The van der Waals surface area contributed by atoms with E-state index in [2.05, 4.69) is 10.2 Å². The summed E-state index contributed by atoms with van der Waals surface area (Å²) in [6, 6.07) is 16.4. The highest BCUT2D eigenvalue weighted by atomic mass is 16.2. The Bertz CT molecular complexity index is 938. The second-order valence-electron chi connectivity index (χ2n) is 7.87. The van der Waals surface area contributed by atoms with Crippen molar-refractivity contribution >= 4 is 29.1 Å². The van der Waals surface area contributed by atoms with E-state index in [1.165, 1.54) is 0 Å². The van der Waals surface area contributed by atoms with Crippen molar-refractivity contribution in [2.24, 2.45) is 5.92 Å². The second kappa shape index (κ2) is 8.67. The zero-order valence-electron chi connectivity index (χ0n) is 17.1. The van der Waals surface area contributed by atoms with Gasteiger partial charge in [0.2, 0.25) is 11.8 Å². The van der Waals surface area contributed by atoms with Gasteiger partial charge < -0.3 is 20.0 Å². The average molecular weight is 406 g/mol. The van der Waals surface area contributed by atoms with Crippen molar-refractivity contribution in [3.63, 3.8) is 0 Å². The molecule has 2 heterocycles. The minimum atomic E-state index is -0.454. The van der Waals surface area contributed by atoms with Gasteiger partial charge in [-0.25, -0.2) is 0 Å². The number of nitrogens with one attached hydrogen (secondary N) is 1. The van der Waals surface area contributed by atoms with Crippen LogP contribution < -0.4 is 10.2 Å². The van der Waals surface area contributed by atoms with E-state index in [9.17, 15) is 14.4 Å².